The number of rotatable bonds is 5. The molecule has 1 amide bonds. The van der Waals surface area contributed by atoms with Crippen LogP contribution in [0.2, 0.25) is 5.02 Å². The fraction of sp³-hybridized carbons (Fsp3) is 0.200. The highest BCUT2D eigenvalue weighted by atomic mass is 35.5. The van der Waals surface area contributed by atoms with E-state index in [0.717, 1.165) is 16.7 Å². The molecule has 0 radical (unpaired) electrons. The number of halogens is 1. The molecule has 0 bridgehead atoms. The number of nitrogens with zero attached hydrogens (tertiary/aromatic N) is 3. The van der Waals surface area contributed by atoms with Gasteiger partial charge in [-0.1, -0.05) is 17.7 Å². The molecule has 0 unspecified atom stereocenters. The van der Waals surface area contributed by atoms with Crippen LogP contribution in [-0.4, -0.2) is 20.6 Å². The van der Waals surface area contributed by atoms with Crippen LogP contribution in [0.4, 0.5) is 11.4 Å². The first kappa shape index (κ1) is 20.3. The van der Waals surface area contributed by atoms with E-state index < -0.39 is 10.8 Å². The number of amides is 1. The van der Waals surface area contributed by atoms with Crippen molar-refractivity contribution in [3.63, 3.8) is 0 Å². The number of nitro benzene ring substituents is 1. The average Bonchev–Trinajstić information content (AvgIpc) is 2.97. The van der Waals surface area contributed by atoms with Crippen molar-refractivity contribution in [1.82, 2.24) is 9.78 Å². The minimum Gasteiger partial charge on any atom is -0.457 e. The Morgan fingerprint density at radius 3 is 2.55 bits per heavy atom. The summed E-state index contributed by atoms with van der Waals surface area (Å²) in [7, 11) is 1.58. The minimum absolute atomic E-state index is 0.144. The number of benzene rings is 2. The second kappa shape index (κ2) is 7.92. The highest BCUT2D eigenvalue weighted by Crippen LogP contribution is 2.33. The van der Waals surface area contributed by atoms with Gasteiger partial charge in [0.25, 0.3) is 11.6 Å². The van der Waals surface area contributed by atoms with Crippen molar-refractivity contribution >= 4 is 28.9 Å². The Kier molecular flexibility index (Phi) is 5.56. The van der Waals surface area contributed by atoms with Gasteiger partial charge in [0.05, 0.1) is 27.9 Å². The van der Waals surface area contributed by atoms with Gasteiger partial charge in [-0.3, -0.25) is 19.6 Å². The zero-order valence-corrected chi connectivity index (χ0v) is 17.1. The van der Waals surface area contributed by atoms with E-state index in [9.17, 15) is 14.9 Å². The zero-order chi connectivity index (χ0) is 21.3. The Labute approximate surface area is 172 Å². The van der Waals surface area contributed by atoms with Gasteiger partial charge in [0.2, 0.25) is 0 Å². The van der Waals surface area contributed by atoms with Gasteiger partial charge in [0.15, 0.2) is 0 Å². The van der Waals surface area contributed by atoms with Gasteiger partial charge in [-0.15, -0.1) is 0 Å². The van der Waals surface area contributed by atoms with Gasteiger partial charge in [0.1, 0.15) is 17.2 Å². The molecule has 3 aromatic rings. The van der Waals surface area contributed by atoms with E-state index in [4.69, 9.17) is 16.3 Å². The van der Waals surface area contributed by atoms with Crippen molar-refractivity contribution in [3.8, 4) is 11.5 Å². The summed E-state index contributed by atoms with van der Waals surface area (Å²) >= 11 is 6.00. The number of anilines is 1. The van der Waals surface area contributed by atoms with E-state index in [1.54, 1.807) is 7.05 Å². The monoisotopic (exact) mass is 414 g/mol. The van der Waals surface area contributed by atoms with Crippen molar-refractivity contribution in [2.24, 2.45) is 7.05 Å². The summed E-state index contributed by atoms with van der Waals surface area (Å²) in [4.78, 5) is 23.4. The van der Waals surface area contributed by atoms with Crippen LogP contribution < -0.4 is 10.1 Å². The smallest absolute Gasteiger partial charge is 0.275 e. The highest BCUT2D eigenvalue weighted by molar-refractivity contribution is 6.34. The Bertz CT molecular complexity index is 1100. The molecule has 0 aliphatic heterocycles. The van der Waals surface area contributed by atoms with Gasteiger partial charge < -0.3 is 10.1 Å². The molecule has 0 saturated carbocycles. The largest absolute Gasteiger partial charge is 0.457 e. The van der Waals surface area contributed by atoms with Crippen LogP contribution in [0, 0.1) is 30.9 Å². The molecule has 0 fully saturated rings. The molecular formula is C20H19ClN4O4. The maximum Gasteiger partial charge on any atom is 0.275 e. The van der Waals surface area contributed by atoms with Crippen molar-refractivity contribution in [3.05, 3.63) is 74.0 Å². The second-order valence-corrected chi connectivity index (χ2v) is 7.11. The summed E-state index contributed by atoms with van der Waals surface area (Å²) in [5.74, 6) is 0.290. The number of hydrogen-bond donors (Lipinski definition) is 1. The number of aromatic nitrogens is 2. The Balaban J connectivity index is 1.97. The molecule has 8 nitrogen and oxygen atoms in total. The molecule has 0 aliphatic carbocycles. The van der Waals surface area contributed by atoms with Crippen LogP contribution in [0.1, 0.15) is 27.2 Å². The number of nitro groups is 1. The molecule has 150 valence electrons. The molecule has 29 heavy (non-hydrogen) atoms. The molecule has 0 saturated heterocycles. The summed E-state index contributed by atoms with van der Waals surface area (Å²) in [6, 6.07) is 7.97. The molecule has 3 rings (SSSR count). The van der Waals surface area contributed by atoms with E-state index in [1.165, 1.54) is 29.1 Å². The fourth-order valence-electron chi connectivity index (χ4n) is 2.91. The SMILES string of the molecule is Cc1cc(C)c(C)c(Oc2cc(NC(=O)c3c(Cl)cnn3C)cc([N+](=O)[O-])c2)c1. The van der Waals surface area contributed by atoms with Gasteiger partial charge in [-0.25, -0.2) is 0 Å². The minimum atomic E-state index is -0.548. The number of aryl methyl sites for hydroxylation is 3. The van der Waals surface area contributed by atoms with Crippen LogP contribution in [0.5, 0.6) is 11.5 Å². The number of non-ortho nitro benzene ring substituents is 1. The van der Waals surface area contributed by atoms with Crippen LogP contribution in [-0.2, 0) is 7.05 Å². The highest BCUT2D eigenvalue weighted by Gasteiger charge is 2.18. The molecule has 9 heteroatoms. The lowest BCUT2D eigenvalue weighted by molar-refractivity contribution is -0.384. The molecular weight excluding hydrogens is 396 g/mol. The first-order chi connectivity index (χ1) is 13.7. The lowest BCUT2D eigenvalue weighted by Gasteiger charge is -2.13. The summed E-state index contributed by atoms with van der Waals surface area (Å²) in [6.07, 6.45) is 1.35. The number of nitrogens with one attached hydrogen (secondary N) is 1. The number of ether oxygens (including phenoxy) is 1. The Hall–Kier alpha value is -3.39. The van der Waals surface area contributed by atoms with Crippen molar-refractivity contribution in [2.75, 3.05) is 5.32 Å². The van der Waals surface area contributed by atoms with Gasteiger partial charge >= 0.3 is 0 Å². The van der Waals surface area contributed by atoms with Gasteiger partial charge in [-0.05, 0) is 43.5 Å². The summed E-state index contributed by atoms with van der Waals surface area (Å²) in [5, 5.41) is 18.1. The maximum atomic E-state index is 12.5. The standard InChI is InChI=1S/C20H19ClN4O4/c1-11-5-12(2)13(3)18(6-11)29-16-8-14(7-15(9-16)25(27)28)23-20(26)19-17(21)10-22-24(19)4/h5-10H,1-4H3,(H,23,26). The topological polar surface area (TPSA) is 99.3 Å². The third-order valence-corrected chi connectivity index (χ3v) is 4.74. The van der Waals surface area contributed by atoms with Crippen LogP contribution in [0.3, 0.4) is 0 Å². The first-order valence-corrected chi connectivity index (χ1v) is 9.07. The molecule has 0 atom stereocenters. The average molecular weight is 415 g/mol. The quantitative estimate of drug-likeness (QED) is 0.470. The van der Waals surface area contributed by atoms with E-state index in [1.807, 2.05) is 32.9 Å². The molecule has 1 aromatic heterocycles. The number of hydrogen-bond acceptors (Lipinski definition) is 5. The van der Waals surface area contributed by atoms with Crippen LogP contribution >= 0.6 is 11.6 Å². The van der Waals surface area contributed by atoms with Crippen molar-refractivity contribution < 1.29 is 14.5 Å². The first-order valence-electron chi connectivity index (χ1n) is 8.69. The normalized spacial score (nSPS) is 10.7. The van der Waals surface area contributed by atoms with Gasteiger partial charge in [0, 0.05) is 19.2 Å². The van der Waals surface area contributed by atoms with E-state index in [2.05, 4.69) is 10.4 Å². The maximum absolute atomic E-state index is 12.5. The lowest BCUT2D eigenvalue weighted by atomic mass is 10.1. The zero-order valence-electron chi connectivity index (χ0n) is 16.3. The van der Waals surface area contributed by atoms with Gasteiger partial charge in [-0.2, -0.15) is 5.10 Å². The summed E-state index contributed by atoms with van der Waals surface area (Å²) in [6.45, 7) is 5.82. The lowest BCUT2D eigenvalue weighted by Crippen LogP contribution is -2.16. The number of carbonyl (C=O) groups is 1. The van der Waals surface area contributed by atoms with Crippen molar-refractivity contribution in [2.45, 2.75) is 20.8 Å². The van der Waals surface area contributed by atoms with E-state index >= 15 is 0 Å². The third kappa shape index (κ3) is 4.38. The Morgan fingerprint density at radius 1 is 1.21 bits per heavy atom. The summed E-state index contributed by atoms with van der Waals surface area (Å²) in [5.41, 5.74) is 3.12. The Morgan fingerprint density at radius 2 is 1.93 bits per heavy atom. The van der Waals surface area contributed by atoms with Crippen LogP contribution in [0.25, 0.3) is 0 Å². The molecule has 2 aromatic carbocycles. The molecule has 0 aliphatic rings. The summed E-state index contributed by atoms with van der Waals surface area (Å²) < 4.78 is 7.25. The third-order valence-electron chi connectivity index (χ3n) is 4.46. The van der Waals surface area contributed by atoms with Crippen molar-refractivity contribution in [1.29, 1.82) is 0 Å². The molecule has 0 spiro atoms. The predicted molar refractivity (Wildman–Crippen MR) is 110 cm³/mol. The second-order valence-electron chi connectivity index (χ2n) is 6.70. The molecule has 1 heterocycles. The fourth-order valence-corrected chi connectivity index (χ4v) is 3.16. The molecule has 1 N–H and O–H groups in total. The van der Waals surface area contributed by atoms with Crippen LogP contribution in [0.15, 0.2) is 36.5 Å². The van der Waals surface area contributed by atoms with E-state index in [0.29, 0.717) is 5.75 Å². The predicted octanol–water partition coefficient (Wildman–Crippen LogP) is 4.95. The van der Waals surface area contributed by atoms with E-state index in [-0.39, 0.29) is 27.8 Å². The number of carbonyl (C=O) groups excluding carboxylic acids is 1.